The summed E-state index contributed by atoms with van der Waals surface area (Å²) in [6, 6.07) is 1.66. The predicted octanol–water partition coefficient (Wildman–Crippen LogP) is 3.66. The smallest absolute Gasteiger partial charge is 0.444 e. The molecule has 0 spiro atoms. The van der Waals surface area contributed by atoms with Gasteiger partial charge in [-0.15, -0.1) is 13.2 Å². The molecule has 2 aliphatic heterocycles. The molecule has 6 rings (SSSR count). The van der Waals surface area contributed by atoms with Crippen molar-refractivity contribution in [3.8, 4) is 5.75 Å². The van der Waals surface area contributed by atoms with Gasteiger partial charge < -0.3 is 35.3 Å². The molecule has 1 aromatic carbocycles. The normalized spacial score (nSPS) is 26.5. The summed E-state index contributed by atoms with van der Waals surface area (Å²) >= 11 is 0. The molecule has 0 unspecified atom stereocenters. The number of hydrogen-bond donors (Lipinski definition) is 5. The standard InChI is InChI=1S/C36H45F3N6O9S/c1-34(2,3)54-33(50)42-26-10-8-6-4-5-7-9-21-18-35(21,32(49)44-55(51,52)24-12-13-24)43-30(47)28-17-22(19-45(28)31(26)48)40-29(46)27-16-20-15-23(53-36(37,38)39)11-14-25(20)41-27/h7,9,11,14-16,21-22,24,26,28,41H,4-6,8,10,12-13,17-19H2,1-3H3,(H,40,46)(H,42,50)(H,43,47)(H,44,49)/t21-,22-,26+,28+,35-/m1/s1. The highest BCUT2D eigenvalue weighted by molar-refractivity contribution is 7.91. The summed E-state index contributed by atoms with van der Waals surface area (Å²) in [5, 5.41) is 7.76. The molecule has 5 atom stereocenters. The minimum absolute atomic E-state index is 0.0102. The molecule has 0 bridgehead atoms. The zero-order chi connectivity index (χ0) is 39.9. The maximum atomic E-state index is 14.3. The van der Waals surface area contributed by atoms with E-state index in [1.54, 1.807) is 26.8 Å². The van der Waals surface area contributed by atoms with Crippen LogP contribution in [-0.4, -0.2) is 95.4 Å². The highest BCUT2D eigenvalue weighted by Crippen LogP contribution is 2.46. The number of alkyl halides is 3. The van der Waals surface area contributed by atoms with Gasteiger partial charge in [0.25, 0.3) is 11.8 Å². The van der Waals surface area contributed by atoms with Crippen LogP contribution < -0.4 is 25.4 Å². The number of fused-ring (bicyclic) bond motifs is 3. The number of hydrogen-bond acceptors (Lipinski definition) is 9. The number of ether oxygens (including phenoxy) is 2. The van der Waals surface area contributed by atoms with Crippen molar-refractivity contribution in [2.75, 3.05) is 6.54 Å². The van der Waals surface area contributed by atoms with Gasteiger partial charge in [0.05, 0.1) is 5.25 Å². The van der Waals surface area contributed by atoms with Gasteiger partial charge in [-0.05, 0) is 90.0 Å². The summed E-state index contributed by atoms with van der Waals surface area (Å²) in [6.45, 7) is 4.82. The largest absolute Gasteiger partial charge is 0.573 e. The second kappa shape index (κ2) is 15.0. The topological polar surface area (TPSA) is 205 Å². The van der Waals surface area contributed by atoms with Crippen LogP contribution in [0.1, 0.15) is 89.0 Å². The molecule has 3 fully saturated rings. The van der Waals surface area contributed by atoms with E-state index in [0.29, 0.717) is 37.6 Å². The van der Waals surface area contributed by atoms with Gasteiger partial charge in [0.1, 0.15) is 34.7 Å². The third kappa shape index (κ3) is 9.71. The van der Waals surface area contributed by atoms with Crippen molar-refractivity contribution in [2.24, 2.45) is 5.92 Å². The molecule has 15 nitrogen and oxygen atoms in total. The summed E-state index contributed by atoms with van der Waals surface area (Å²) in [6.07, 6.45) is 1.56. The van der Waals surface area contributed by atoms with E-state index in [1.807, 2.05) is 6.08 Å². The van der Waals surface area contributed by atoms with E-state index in [0.717, 1.165) is 18.6 Å². The Balaban J connectivity index is 1.26. The van der Waals surface area contributed by atoms with E-state index in [9.17, 15) is 45.6 Å². The zero-order valence-electron chi connectivity index (χ0n) is 30.6. The Kier molecular flexibility index (Phi) is 10.9. The van der Waals surface area contributed by atoms with Crippen molar-refractivity contribution in [3.63, 3.8) is 0 Å². The fourth-order valence-electron chi connectivity index (χ4n) is 7.05. The Morgan fingerprint density at radius 1 is 1.00 bits per heavy atom. The Bertz CT molecular complexity index is 1990. The predicted molar refractivity (Wildman–Crippen MR) is 191 cm³/mol. The number of allylic oxidation sites excluding steroid dienone is 1. The number of rotatable bonds is 7. The number of H-pyrrole nitrogens is 1. The van der Waals surface area contributed by atoms with Crippen LogP contribution in [-0.2, 0) is 29.1 Å². The number of amides is 5. The number of nitrogens with one attached hydrogen (secondary N) is 5. The minimum Gasteiger partial charge on any atom is -0.444 e. The molecular weight excluding hydrogens is 749 g/mol. The Morgan fingerprint density at radius 3 is 2.44 bits per heavy atom. The fraction of sp³-hybridized carbons (Fsp3) is 0.583. The lowest BCUT2D eigenvalue weighted by atomic mass is 10.0. The van der Waals surface area contributed by atoms with Crippen LogP contribution in [0.4, 0.5) is 18.0 Å². The highest BCUT2D eigenvalue weighted by Gasteiger charge is 2.62. The molecule has 5 N–H and O–H groups in total. The lowest BCUT2D eigenvalue weighted by Gasteiger charge is -2.30. The molecule has 19 heteroatoms. The number of carbonyl (C=O) groups is 5. The van der Waals surface area contributed by atoms with Crippen molar-refractivity contribution < 1.29 is 55.0 Å². The van der Waals surface area contributed by atoms with E-state index < -0.39 is 92.3 Å². The highest BCUT2D eigenvalue weighted by atomic mass is 32.2. The average molecular weight is 795 g/mol. The number of benzene rings is 1. The van der Waals surface area contributed by atoms with Crippen LogP contribution >= 0.6 is 0 Å². The van der Waals surface area contributed by atoms with Crippen molar-refractivity contribution in [2.45, 2.75) is 119 Å². The van der Waals surface area contributed by atoms with E-state index in [1.165, 1.54) is 17.0 Å². The lowest BCUT2D eigenvalue weighted by molar-refractivity contribution is -0.274. The number of nitrogens with zero attached hydrogens (tertiary/aromatic N) is 1. The second-order valence-electron chi connectivity index (χ2n) is 15.6. The lowest BCUT2D eigenvalue weighted by Crippen LogP contribution is -2.58. The van der Waals surface area contributed by atoms with Gasteiger partial charge in [-0.25, -0.2) is 13.2 Å². The van der Waals surface area contributed by atoms with Crippen molar-refractivity contribution in [3.05, 3.63) is 42.1 Å². The van der Waals surface area contributed by atoms with Gasteiger partial charge in [0.2, 0.25) is 21.8 Å². The van der Waals surface area contributed by atoms with Crippen molar-refractivity contribution >= 4 is 50.6 Å². The monoisotopic (exact) mass is 794 g/mol. The van der Waals surface area contributed by atoms with Crippen molar-refractivity contribution in [1.82, 2.24) is 30.6 Å². The summed E-state index contributed by atoms with van der Waals surface area (Å²) in [7, 11) is -3.96. The number of carbonyl (C=O) groups excluding carboxylic acids is 5. The molecule has 1 saturated heterocycles. The zero-order valence-corrected chi connectivity index (χ0v) is 31.4. The average Bonchev–Trinajstić information content (AvgIpc) is 3.96. The van der Waals surface area contributed by atoms with Gasteiger partial charge >= 0.3 is 12.5 Å². The number of aromatic amines is 1. The Morgan fingerprint density at radius 2 is 1.75 bits per heavy atom. The summed E-state index contributed by atoms with van der Waals surface area (Å²) in [5.41, 5.74) is -2.13. The maximum Gasteiger partial charge on any atom is 0.573 e. The Labute approximate surface area is 315 Å². The SMILES string of the molecule is CC(C)(C)OC(=O)N[C@H]1CCCCCC=C[C@@H]2C[C@@]2(C(=O)NS(=O)(=O)C2CC2)NC(=O)[C@@H]2C[C@@H](NC(=O)c3cc4cc(OC(F)(F)F)ccc4[nH]3)CN2C1=O. The molecule has 55 heavy (non-hydrogen) atoms. The first-order valence-corrected chi connectivity index (χ1v) is 19.8. The molecule has 4 aliphatic rings. The molecule has 0 radical (unpaired) electrons. The molecular formula is C36H45F3N6O9S. The van der Waals surface area contributed by atoms with Gasteiger partial charge in [0.15, 0.2) is 0 Å². The van der Waals surface area contributed by atoms with Gasteiger partial charge in [-0.3, -0.25) is 23.9 Å². The van der Waals surface area contributed by atoms with Gasteiger partial charge in [-0.2, -0.15) is 0 Å². The first kappa shape index (κ1) is 39.9. The Hall–Kier alpha value is -4.81. The molecule has 1 aromatic heterocycles. The first-order valence-electron chi connectivity index (χ1n) is 18.3. The van der Waals surface area contributed by atoms with Crippen LogP contribution in [0.25, 0.3) is 10.9 Å². The van der Waals surface area contributed by atoms with Crippen molar-refractivity contribution in [1.29, 1.82) is 0 Å². The van der Waals surface area contributed by atoms with Gasteiger partial charge in [-0.1, -0.05) is 25.0 Å². The summed E-state index contributed by atoms with van der Waals surface area (Å²) < 4.78 is 75.4. The second-order valence-corrected chi connectivity index (χ2v) is 17.6. The van der Waals surface area contributed by atoms with E-state index in [2.05, 4.69) is 30.4 Å². The number of alkyl carbamates (subject to hydrolysis) is 1. The maximum absolute atomic E-state index is 14.3. The van der Waals surface area contributed by atoms with Crippen LogP contribution in [0, 0.1) is 5.92 Å². The molecule has 5 amide bonds. The van der Waals surface area contributed by atoms with E-state index in [4.69, 9.17) is 4.74 Å². The van der Waals surface area contributed by atoms with Crippen LogP contribution in [0.2, 0.25) is 0 Å². The third-order valence-electron chi connectivity index (χ3n) is 9.98. The molecule has 2 saturated carbocycles. The minimum atomic E-state index is -4.91. The number of halogens is 3. The molecule has 2 aromatic rings. The quantitative estimate of drug-likeness (QED) is 0.259. The first-order chi connectivity index (χ1) is 25.7. The fourth-order valence-corrected chi connectivity index (χ4v) is 8.41. The van der Waals surface area contributed by atoms with E-state index >= 15 is 0 Å². The van der Waals surface area contributed by atoms with Crippen LogP contribution in [0.3, 0.4) is 0 Å². The van der Waals surface area contributed by atoms with Gasteiger partial charge in [0, 0.05) is 29.4 Å². The number of sulfonamides is 1. The molecule has 3 heterocycles. The molecule has 2 aliphatic carbocycles. The summed E-state index contributed by atoms with van der Waals surface area (Å²) in [4.78, 5) is 72.6. The number of aromatic nitrogens is 1. The summed E-state index contributed by atoms with van der Waals surface area (Å²) in [5.74, 6) is -3.92. The van der Waals surface area contributed by atoms with Crippen LogP contribution in [0.5, 0.6) is 5.75 Å². The third-order valence-corrected chi connectivity index (χ3v) is 11.8. The molecule has 300 valence electrons. The van der Waals surface area contributed by atoms with E-state index in [-0.39, 0.29) is 36.9 Å². The van der Waals surface area contributed by atoms with Crippen LogP contribution in [0.15, 0.2) is 36.4 Å².